The second-order valence-electron chi connectivity index (χ2n) is 4.56. The van der Waals surface area contributed by atoms with Crippen LogP contribution in [0, 0.1) is 0 Å². The second kappa shape index (κ2) is 3.84. The summed E-state index contributed by atoms with van der Waals surface area (Å²) in [5, 5.41) is 0. The van der Waals surface area contributed by atoms with Crippen molar-refractivity contribution >= 4 is 0 Å². The molecular formula is C13H16O3. The lowest BCUT2D eigenvalue weighted by molar-refractivity contribution is -0.161. The lowest BCUT2D eigenvalue weighted by atomic mass is 10.1. The summed E-state index contributed by atoms with van der Waals surface area (Å²) in [4.78, 5) is 0. The van der Waals surface area contributed by atoms with E-state index in [2.05, 4.69) is 12.1 Å². The van der Waals surface area contributed by atoms with Crippen molar-refractivity contribution in [3.63, 3.8) is 0 Å². The van der Waals surface area contributed by atoms with Gasteiger partial charge in [-0.3, -0.25) is 0 Å². The van der Waals surface area contributed by atoms with Crippen LogP contribution in [0.4, 0.5) is 0 Å². The highest BCUT2D eigenvalue weighted by Gasteiger charge is 2.46. The molecule has 0 aromatic heterocycles. The average Bonchev–Trinajstić information content (AvgIpc) is 2.50. The van der Waals surface area contributed by atoms with E-state index < -0.39 is 5.79 Å². The molecule has 2 aliphatic heterocycles. The fourth-order valence-electron chi connectivity index (χ4n) is 2.38. The monoisotopic (exact) mass is 220 g/mol. The van der Waals surface area contributed by atoms with Crippen molar-refractivity contribution in [2.45, 2.75) is 31.3 Å². The molecule has 2 heterocycles. The van der Waals surface area contributed by atoms with Crippen molar-refractivity contribution in [2.24, 2.45) is 0 Å². The SMILES string of the molecule is C[C@]12CCOC[C@H](O1)[C@@H](c1ccccc1)O2. The summed E-state index contributed by atoms with van der Waals surface area (Å²) < 4.78 is 17.5. The average molecular weight is 220 g/mol. The largest absolute Gasteiger partial charge is 0.378 e. The first-order chi connectivity index (χ1) is 7.77. The van der Waals surface area contributed by atoms with Gasteiger partial charge in [0.2, 0.25) is 0 Å². The zero-order valence-corrected chi connectivity index (χ0v) is 9.39. The smallest absolute Gasteiger partial charge is 0.169 e. The first-order valence-electron chi connectivity index (χ1n) is 5.75. The number of ether oxygens (including phenoxy) is 3. The Balaban J connectivity index is 1.88. The van der Waals surface area contributed by atoms with Gasteiger partial charge in [-0.25, -0.2) is 0 Å². The van der Waals surface area contributed by atoms with E-state index >= 15 is 0 Å². The Morgan fingerprint density at radius 1 is 1.19 bits per heavy atom. The first kappa shape index (κ1) is 10.3. The van der Waals surface area contributed by atoms with E-state index in [9.17, 15) is 0 Å². The van der Waals surface area contributed by atoms with E-state index in [1.165, 1.54) is 5.56 Å². The molecule has 1 aromatic carbocycles. The lowest BCUT2D eigenvalue weighted by Crippen LogP contribution is -2.26. The molecule has 0 N–H and O–H groups in total. The van der Waals surface area contributed by atoms with Crippen LogP contribution in [0.2, 0.25) is 0 Å². The minimum Gasteiger partial charge on any atom is -0.378 e. The Morgan fingerprint density at radius 2 is 2.00 bits per heavy atom. The zero-order chi connectivity index (χ0) is 11.0. The minimum absolute atomic E-state index is 0.00602. The maximum atomic E-state index is 6.04. The Bertz CT molecular complexity index is 365. The van der Waals surface area contributed by atoms with Crippen LogP contribution in [0.5, 0.6) is 0 Å². The minimum atomic E-state index is -0.471. The van der Waals surface area contributed by atoms with Crippen LogP contribution in [0.15, 0.2) is 30.3 Å². The predicted octanol–water partition coefficient (Wildman–Crippen LogP) is 2.28. The van der Waals surface area contributed by atoms with Crippen molar-refractivity contribution in [3.8, 4) is 0 Å². The lowest BCUT2D eigenvalue weighted by Gasteiger charge is -2.23. The van der Waals surface area contributed by atoms with Gasteiger partial charge in [0, 0.05) is 6.42 Å². The van der Waals surface area contributed by atoms with Gasteiger partial charge in [-0.1, -0.05) is 30.3 Å². The summed E-state index contributed by atoms with van der Waals surface area (Å²) in [7, 11) is 0. The molecule has 0 amide bonds. The van der Waals surface area contributed by atoms with Crippen LogP contribution in [-0.2, 0) is 14.2 Å². The summed E-state index contributed by atoms with van der Waals surface area (Å²) in [5.74, 6) is -0.471. The van der Waals surface area contributed by atoms with Gasteiger partial charge in [-0.15, -0.1) is 0 Å². The molecule has 0 saturated carbocycles. The highest BCUT2D eigenvalue weighted by atomic mass is 16.8. The third-order valence-corrected chi connectivity index (χ3v) is 3.23. The van der Waals surface area contributed by atoms with Crippen molar-refractivity contribution in [3.05, 3.63) is 35.9 Å². The number of hydrogen-bond donors (Lipinski definition) is 0. The van der Waals surface area contributed by atoms with Gasteiger partial charge in [0.25, 0.3) is 0 Å². The fourth-order valence-corrected chi connectivity index (χ4v) is 2.38. The van der Waals surface area contributed by atoms with Crippen molar-refractivity contribution < 1.29 is 14.2 Å². The molecule has 2 saturated heterocycles. The van der Waals surface area contributed by atoms with Crippen LogP contribution >= 0.6 is 0 Å². The van der Waals surface area contributed by atoms with Crippen molar-refractivity contribution in [1.82, 2.24) is 0 Å². The Hall–Kier alpha value is -0.900. The van der Waals surface area contributed by atoms with Gasteiger partial charge in [-0.2, -0.15) is 0 Å². The zero-order valence-electron chi connectivity index (χ0n) is 9.39. The van der Waals surface area contributed by atoms with E-state index in [0.29, 0.717) is 13.2 Å². The van der Waals surface area contributed by atoms with Gasteiger partial charge < -0.3 is 14.2 Å². The van der Waals surface area contributed by atoms with Crippen LogP contribution < -0.4 is 0 Å². The normalized spacial score (nSPS) is 38.3. The van der Waals surface area contributed by atoms with Crippen LogP contribution in [-0.4, -0.2) is 25.1 Å². The quantitative estimate of drug-likeness (QED) is 0.726. The molecule has 2 bridgehead atoms. The van der Waals surface area contributed by atoms with Gasteiger partial charge in [0.05, 0.1) is 13.2 Å². The molecule has 16 heavy (non-hydrogen) atoms. The van der Waals surface area contributed by atoms with Gasteiger partial charge in [-0.05, 0) is 12.5 Å². The fraction of sp³-hybridized carbons (Fsp3) is 0.538. The molecule has 1 aromatic rings. The van der Waals surface area contributed by atoms with E-state index in [4.69, 9.17) is 14.2 Å². The molecule has 3 rings (SSSR count). The Labute approximate surface area is 95.3 Å². The highest BCUT2D eigenvalue weighted by Crippen LogP contribution is 2.41. The van der Waals surface area contributed by atoms with Crippen LogP contribution in [0.3, 0.4) is 0 Å². The second-order valence-corrected chi connectivity index (χ2v) is 4.56. The molecule has 0 radical (unpaired) electrons. The van der Waals surface area contributed by atoms with E-state index in [1.807, 2.05) is 25.1 Å². The van der Waals surface area contributed by atoms with Crippen LogP contribution in [0.25, 0.3) is 0 Å². The molecule has 3 atom stereocenters. The van der Waals surface area contributed by atoms with Crippen molar-refractivity contribution in [1.29, 1.82) is 0 Å². The predicted molar refractivity (Wildman–Crippen MR) is 59.0 cm³/mol. The number of benzene rings is 1. The summed E-state index contributed by atoms with van der Waals surface area (Å²) in [6, 6.07) is 10.2. The third kappa shape index (κ3) is 1.75. The third-order valence-electron chi connectivity index (χ3n) is 3.23. The first-order valence-corrected chi connectivity index (χ1v) is 5.75. The highest BCUT2D eigenvalue weighted by molar-refractivity contribution is 5.20. The standard InChI is InChI=1S/C13H16O3/c1-13-7-8-14-9-11(15-13)12(16-13)10-5-3-2-4-6-10/h2-6,11-12H,7-9H2,1H3/t11-,12+,13-/m0/s1. The number of fused-ring (bicyclic) bond motifs is 2. The topological polar surface area (TPSA) is 27.7 Å². The van der Waals surface area contributed by atoms with E-state index in [0.717, 1.165) is 6.42 Å². The van der Waals surface area contributed by atoms with Crippen LogP contribution in [0.1, 0.15) is 25.0 Å². The Morgan fingerprint density at radius 3 is 2.81 bits per heavy atom. The summed E-state index contributed by atoms with van der Waals surface area (Å²) in [5.41, 5.74) is 1.17. The number of hydrogen-bond acceptors (Lipinski definition) is 3. The molecule has 0 spiro atoms. The molecule has 3 nitrogen and oxygen atoms in total. The van der Waals surface area contributed by atoms with E-state index in [-0.39, 0.29) is 12.2 Å². The molecular weight excluding hydrogens is 204 g/mol. The van der Waals surface area contributed by atoms with Gasteiger partial charge in [0.15, 0.2) is 5.79 Å². The maximum absolute atomic E-state index is 6.04. The number of rotatable bonds is 1. The summed E-state index contributed by atoms with van der Waals surface area (Å²) in [6.45, 7) is 3.33. The molecule has 0 aliphatic carbocycles. The molecule has 3 heteroatoms. The maximum Gasteiger partial charge on any atom is 0.169 e. The van der Waals surface area contributed by atoms with Gasteiger partial charge in [0.1, 0.15) is 12.2 Å². The molecule has 2 aliphatic rings. The summed E-state index contributed by atoms with van der Waals surface area (Å²) in [6.07, 6.45) is 0.828. The van der Waals surface area contributed by atoms with Gasteiger partial charge >= 0.3 is 0 Å². The molecule has 86 valence electrons. The Kier molecular flexibility index (Phi) is 2.46. The molecule has 2 fully saturated rings. The summed E-state index contributed by atoms with van der Waals surface area (Å²) >= 11 is 0. The van der Waals surface area contributed by atoms with Crippen molar-refractivity contribution in [2.75, 3.05) is 13.2 Å². The van der Waals surface area contributed by atoms with E-state index in [1.54, 1.807) is 0 Å². The molecule has 0 unspecified atom stereocenters.